The highest BCUT2D eigenvalue weighted by atomic mass is 16.4. The van der Waals surface area contributed by atoms with Gasteiger partial charge >= 0.3 is 11.9 Å². The third-order valence-corrected chi connectivity index (χ3v) is 20.1. The second kappa shape index (κ2) is 37.6. The average molecular weight is 1460 g/mol. The van der Waals surface area contributed by atoms with Crippen molar-refractivity contribution >= 4 is 82.8 Å². The number of amides is 12. The van der Waals surface area contributed by atoms with Gasteiger partial charge in [-0.25, -0.2) is 4.79 Å². The highest BCUT2D eigenvalue weighted by molar-refractivity contribution is 6.03. The molecule has 4 fully saturated rings. The Morgan fingerprint density at radius 3 is 1.51 bits per heavy atom. The molecule has 0 unspecified atom stereocenters. The molecule has 5 aliphatic rings. The number of hydrogen-bond acceptors (Lipinski definition) is 15. The summed E-state index contributed by atoms with van der Waals surface area (Å²) in [7, 11) is 0. The molecule has 0 spiro atoms. The van der Waals surface area contributed by atoms with Gasteiger partial charge in [0.15, 0.2) is 0 Å². The summed E-state index contributed by atoms with van der Waals surface area (Å²) in [4.78, 5) is 207. The topological polar surface area (TPSA) is 401 Å². The van der Waals surface area contributed by atoms with Crippen molar-refractivity contribution in [3.8, 4) is 0 Å². The van der Waals surface area contributed by atoms with Gasteiger partial charge in [-0.05, 0) is 91.9 Å². The number of nitrogens with zero attached hydrogens (tertiary/aromatic N) is 4. The van der Waals surface area contributed by atoms with Gasteiger partial charge < -0.3 is 77.7 Å². The van der Waals surface area contributed by atoms with E-state index in [4.69, 9.17) is 0 Å². The summed E-state index contributed by atoms with van der Waals surface area (Å²) in [6, 6.07) is 20.2. The first-order valence-corrected chi connectivity index (χ1v) is 36.6. The standard InChI is InChI=1S/C77H97N13O16/c1-5-47(4)65(72(100)84-57(77(105)106)43-64(92)93)86-68(96)54(41-50-26-14-8-15-27-50)83-70(98)60-31-19-35-88(60)75(103)58-44-78-55(42-51-28-16-9-17-29-51)73(101)87-34-18-30-59(87)69(97)81-52(39-48-22-10-6-11-23-48)66(94)79-45-63(91)80-56(38-46(2)3)74(102)90-37-21-33-62(90)76(104)89-36-20-32-61(89)71(99)82-53(67(95)85-58)40-49-24-12-7-13-25-49/h6-17,22-29,44,46-47,52-57,59-62,65,78H,5,18-21,30-43,45H2,1-4H3,(H,79,94)(H,80,91)(H,81,97)(H,82,99)(H,83,98)(H,84,100)(H,85,95)(H,86,96)(H,92,93)(H,105,106)/b58-44-/t47-,52-,53-,54-,55-,56-,57-,59-,60-,61-,62-,65-/m0/s1. The van der Waals surface area contributed by atoms with Crippen LogP contribution >= 0.6 is 0 Å². The average Bonchev–Trinajstić information content (AvgIpc) is 1.62. The Morgan fingerprint density at radius 2 is 0.991 bits per heavy atom. The first-order valence-electron chi connectivity index (χ1n) is 36.6. The van der Waals surface area contributed by atoms with Crippen molar-refractivity contribution in [3.05, 3.63) is 155 Å². The van der Waals surface area contributed by atoms with Crippen LogP contribution in [0.1, 0.15) is 121 Å². The molecule has 29 nitrogen and oxygen atoms in total. The number of carboxylic acid groups (broad SMARTS) is 2. The quantitative estimate of drug-likeness (QED) is 0.0531. The van der Waals surface area contributed by atoms with E-state index in [2.05, 4.69) is 47.9 Å². The van der Waals surface area contributed by atoms with Gasteiger partial charge in [0.05, 0.1) is 13.0 Å². The van der Waals surface area contributed by atoms with E-state index in [1.807, 2.05) is 13.8 Å². The summed E-state index contributed by atoms with van der Waals surface area (Å²) in [5.74, 6) is -13.0. The first-order chi connectivity index (χ1) is 50.9. The molecule has 4 aromatic rings. The van der Waals surface area contributed by atoms with Gasteiger partial charge in [-0.2, -0.15) is 0 Å². The normalized spacial score (nSPS) is 24.0. The van der Waals surface area contributed by atoms with Crippen LogP contribution in [0.2, 0.25) is 0 Å². The monoisotopic (exact) mass is 1460 g/mol. The van der Waals surface area contributed by atoms with Crippen molar-refractivity contribution in [2.75, 3.05) is 32.7 Å². The molecule has 12 amide bonds. The lowest BCUT2D eigenvalue weighted by atomic mass is 9.96. The number of benzene rings is 4. The van der Waals surface area contributed by atoms with Gasteiger partial charge in [0.1, 0.15) is 72.2 Å². The molecule has 106 heavy (non-hydrogen) atoms. The summed E-state index contributed by atoms with van der Waals surface area (Å²) in [6.07, 6.45) is 2.18. The maximum atomic E-state index is 15.8. The van der Waals surface area contributed by atoms with Gasteiger partial charge in [0, 0.05) is 58.1 Å². The fourth-order valence-corrected chi connectivity index (χ4v) is 14.3. The predicted molar refractivity (Wildman–Crippen MR) is 386 cm³/mol. The van der Waals surface area contributed by atoms with E-state index in [0.29, 0.717) is 41.5 Å². The van der Waals surface area contributed by atoms with Crippen LogP contribution in [0.5, 0.6) is 0 Å². The molecular formula is C77H97N13O16. The van der Waals surface area contributed by atoms with Gasteiger partial charge in [0.25, 0.3) is 5.91 Å². The smallest absolute Gasteiger partial charge is 0.326 e. The van der Waals surface area contributed by atoms with Crippen LogP contribution in [-0.2, 0) is 92.8 Å². The van der Waals surface area contributed by atoms with Crippen molar-refractivity contribution in [1.82, 2.24) is 67.5 Å². The third-order valence-electron chi connectivity index (χ3n) is 20.1. The molecule has 4 aromatic carbocycles. The van der Waals surface area contributed by atoms with E-state index in [1.54, 1.807) is 135 Å². The lowest BCUT2D eigenvalue weighted by Crippen LogP contribution is -2.59. The summed E-state index contributed by atoms with van der Waals surface area (Å²) < 4.78 is 0. The molecule has 11 N–H and O–H groups in total. The lowest BCUT2D eigenvalue weighted by Gasteiger charge is -2.33. The predicted octanol–water partition coefficient (Wildman–Crippen LogP) is 1.53. The molecule has 0 aromatic heterocycles. The molecule has 0 aliphatic carbocycles. The number of nitrogens with one attached hydrogen (secondary N) is 9. The van der Waals surface area contributed by atoms with Gasteiger partial charge in [-0.3, -0.25) is 62.3 Å². The maximum absolute atomic E-state index is 15.8. The number of hydrogen-bond donors (Lipinski definition) is 11. The van der Waals surface area contributed by atoms with Crippen molar-refractivity contribution in [1.29, 1.82) is 0 Å². The number of rotatable bonds is 22. The van der Waals surface area contributed by atoms with E-state index in [9.17, 15) is 53.4 Å². The van der Waals surface area contributed by atoms with Crippen molar-refractivity contribution in [3.63, 3.8) is 0 Å². The fraction of sp³-hybridized carbons (Fsp3) is 0.481. The first kappa shape index (κ1) is 79.1. The lowest BCUT2D eigenvalue weighted by molar-refractivity contribution is -0.148. The molecule has 0 saturated carbocycles. The Kier molecular flexibility index (Phi) is 28.1. The molecule has 5 aliphatic heterocycles. The Bertz CT molecular complexity index is 3870. The number of fused-ring (bicyclic) bond motifs is 3. The number of carbonyl (C=O) groups excluding carboxylic acids is 12. The van der Waals surface area contributed by atoms with Gasteiger partial charge in [-0.15, -0.1) is 0 Å². The van der Waals surface area contributed by atoms with E-state index in [-0.39, 0.29) is 103 Å². The molecule has 566 valence electrons. The summed E-state index contributed by atoms with van der Waals surface area (Å²) >= 11 is 0. The highest BCUT2D eigenvalue weighted by Crippen LogP contribution is 2.28. The van der Waals surface area contributed by atoms with E-state index >= 15 is 24.0 Å². The molecule has 9 rings (SSSR count). The van der Waals surface area contributed by atoms with Crippen LogP contribution in [0, 0.1) is 11.8 Å². The van der Waals surface area contributed by atoms with Crippen LogP contribution in [0.25, 0.3) is 0 Å². The zero-order valence-corrected chi connectivity index (χ0v) is 60.2. The van der Waals surface area contributed by atoms with Crippen molar-refractivity contribution in [2.24, 2.45) is 11.8 Å². The number of carbonyl (C=O) groups is 14. The van der Waals surface area contributed by atoms with Crippen LogP contribution in [-0.4, -0.2) is 212 Å². The van der Waals surface area contributed by atoms with E-state index < -0.39 is 174 Å². The summed E-state index contributed by atoms with van der Waals surface area (Å²) in [6.45, 7) is 6.73. The minimum absolute atomic E-state index is 0.0228. The minimum atomic E-state index is -1.85. The van der Waals surface area contributed by atoms with Crippen molar-refractivity contribution < 1.29 is 77.3 Å². The fourth-order valence-electron chi connectivity index (χ4n) is 14.3. The SMILES string of the molecule is CC[C@H](C)[C@H](NC(=O)[C@H](Cc1ccccc1)NC(=O)[C@@H]1CCCN1C(=O)/C1=C/N[C@@H](Cc2ccccc2)C(=O)N2CCC[C@H]2C(=O)N[C@@H](Cc2ccccc2)C(=O)NCC(=O)N[C@@H](CC(C)C)C(=O)N2CCC[C@H]2C(=O)N2CCC[C@H]2C(=O)N[C@@H](Cc2ccccc2)C(=O)N1)C(=O)N[C@@H](CC(=O)O)C(=O)O. The van der Waals surface area contributed by atoms with Gasteiger partial charge in [0.2, 0.25) is 65.0 Å². The van der Waals surface area contributed by atoms with Crippen LogP contribution < -0.4 is 47.9 Å². The number of likely N-dealkylation sites (tertiary alicyclic amines) is 1. The molecule has 12 atom stereocenters. The second-order valence-electron chi connectivity index (χ2n) is 28.3. The molecule has 0 bridgehead atoms. The minimum Gasteiger partial charge on any atom is -0.481 e. The Balaban J connectivity index is 1.09. The zero-order chi connectivity index (χ0) is 76.1. The summed E-state index contributed by atoms with van der Waals surface area (Å²) in [5.41, 5.74) is 1.91. The Labute approximate surface area is 615 Å². The van der Waals surface area contributed by atoms with Crippen LogP contribution in [0.3, 0.4) is 0 Å². The Morgan fingerprint density at radius 1 is 0.509 bits per heavy atom. The second-order valence-corrected chi connectivity index (χ2v) is 28.3. The maximum Gasteiger partial charge on any atom is 0.326 e. The molecule has 4 saturated heterocycles. The largest absolute Gasteiger partial charge is 0.481 e. The Hall–Kier alpha value is -11.0. The van der Waals surface area contributed by atoms with E-state index in [0.717, 1.165) is 6.20 Å². The molecular weight excluding hydrogens is 1360 g/mol. The van der Waals surface area contributed by atoms with Crippen LogP contribution in [0.4, 0.5) is 0 Å². The van der Waals surface area contributed by atoms with E-state index in [1.165, 1.54) is 19.6 Å². The van der Waals surface area contributed by atoms with Gasteiger partial charge in [-0.1, -0.05) is 155 Å². The van der Waals surface area contributed by atoms with Crippen LogP contribution in [0.15, 0.2) is 133 Å². The number of aliphatic carboxylic acids is 2. The molecule has 29 heteroatoms. The third kappa shape index (κ3) is 21.1. The van der Waals surface area contributed by atoms with Crippen molar-refractivity contribution in [2.45, 2.75) is 190 Å². The molecule has 5 heterocycles. The number of carboxylic acids is 2. The highest BCUT2D eigenvalue weighted by Gasteiger charge is 2.46. The zero-order valence-electron chi connectivity index (χ0n) is 60.2. The molecule has 0 radical (unpaired) electrons. The summed E-state index contributed by atoms with van der Waals surface area (Å²) in [5, 5.41) is 44.0.